The number of rotatable bonds is 2. The third-order valence-electron chi connectivity index (χ3n) is 4.86. The summed E-state index contributed by atoms with van der Waals surface area (Å²) in [5.74, 6) is 0.686. The Hall–Kier alpha value is -1.50. The van der Waals surface area contributed by atoms with Crippen LogP contribution in [-0.2, 0) is 0 Å². The molecule has 2 atom stereocenters. The average molecular weight is 225 g/mol. The molecule has 0 bridgehead atoms. The number of hydrogen-bond donors (Lipinski definition) is 1. The summed E-state index contributed by atoms with van der Waals surface area (Å²) in [6.45, 7) is 12.6. The lowest BCUT2D eigenvalue weighted by Gasteiger charge is -2.45. The highest BCUT2D eigenvalue weighted by Gasteiger charge is 2.66. The molecule has 3 aliphatic rings. The second-order valence-electron chi connectivity index (χ2n) is 5.73. The molecule has 1 heteroatoms. The summed E-state index contributed by atoms with van der Waals surface area (Å²) in [7, 11) is 0. The van der Waals surface area contributed by atoms with E-state index in [9.17, 15) is 0 Å². The second kappa shape index (κ2) is 3.04. The second-order valence-corrected chi connectivity index (χ2v) is 5.73. The highest BCUT2D eigenvalue weighted by atomic mass is 15.0. The van der Waals surface area contributed by atoms with Crippen LogP contribution in [0.5, 0.6) is 0 Å². The first-order valence-corrected chi connectivity index (χ1v) is 6.23. The van der Waals surface area contributed by atoms with Gasteiger partial charge in [-0.15, -0.1) is 0 Å². The zero-order valence-corrected chi connectivity index (χ0v) is 10.6. The Balaban J connectivity index is 2.22. The molecule has 2 unspecified atom stereocenters. The quantitative estimate of drug-likeness (QED) is 0.755. The van der Waals surface area contributed by atoms with Crippen LogP contribution in [0.4, 0.5) is 0 Å². The van der Waals surface area contributed by atoms with Crippen LogP contribution in [0.2, 0.25) is 0 Å². The van der Waals surface area contributed by atoms with Crippen LogP contribution in [0.1, 0.15) is 20.3 Å². The lowest BCUT2D eigenvalue weighted by Crippen LogP contribution is -2.42. The summed E-state index contributed by atoms with van der Waals surface area (Å²) in [5, 5.41) is 3.54. The first-order valence-electron chi connectivity index (χ1n) is 6.23. The van der Waals surface area contributed by atoms with Crippen molar-refractivity contribution in [3.8, 4) is 0 Å². The Morgan fingerprint density at radius 2 is 2.12 bits per heavy atom. The van der Waals surface area contributed by atoms with Gasteiger partial charge in [0.05, 0.1) is 0 Å². The highest BCUT2D eigenvalue weighted by molar-refractivity contribution is 5.52. The topological polar surface area (TPSA) is 12.0 Å². The SMILES string of the molecule is C=CC1=C(C=C)C(C)(C)C23CC2C=CC=C3N1. The van der Waals surface area contributed by atoms with Gasteiger partial charge < -0.3 is 5.32 Å². The largest absolute Gasteiger partial charge is 0.358 e. The Labute approximate surface area is 103 Å². The standard InChI is InChI=1S/C16H19N/c1-5-12-13(6-2)17-14-9-7-8-11-10-16(11,14)15(12,3)4/h5-9,11,17H,1-2,10H2,3-4H3. The molecule has 1 spiro atoms. The van der Waals surface area contributed by atoms with E-state index in [0.717, 1.165) is 5.70 Å². The minimum Gasteiger partial charge on any atom is -0.358 e. The van der Waals surface area contributed by atoms with Gasteiger partial charge in [-0.2, -0.15) is 0 Å². The predicted octanol–water partition coefficient (Wildman–Crippen LogP) is 3.70. The molecular formula is C16H19N. The maximum Gasteiger partial charge on any atom is 0.0414 e. The van der Waals surface area contributed by atoms with Crippen molar-refractivity contribution in [2.45, 2.75) is 20.3 Å². The van der Waals surface area contributed by atoms with Gasteiger partial charge in [0.2, 0.25) is 0 Å². The maximum atomic E-state index is 3.98. The van der Waals surface area contributed by atoms with Gasteiger partial charge in [0, 0.05) is 22.2 Å². The van der Waals surface area contributed by atoms with Gasteiger partial charge in [-0.1, -0.05) is 45.2 Å². The van der Waals surface area contributed by atoms with Crippen LogP contribution in [-0.4, -0.2) is 0 Å². The van der Waals surface area contributed by atoms with E-state index >= 15 is 0 Å². The van der Waals surface area contributed by atoms with Gasteiger partial charge in [-0.25, -0.2) is 0 Å². The first-order chi connectivity index (χ1) is 8.07. The van der Waals surface area contributed by atoms with Crippen molar-refractivity contribution in [1.29, 1.82) is 0 Å². The molecule has 0 amide bonds. The molecule has 1 saturated carbocycles. The molecule has 2 aliphatic carbocycles. The molecule has 0 aromatic rings. The number of allylic oxidation sites excluding steroid dienone is 7. The van der Waals surface area contributed by atoms with Gasteiger partial charge in [-0.05, 0) is 30.1 Å². The van der Waals surface area contributed by atoms with Crippen LogP contribution in [0.15, 0.2) is 60.5 Å². The van der Waals surface area contributed by atoms with E-state index in [1.807, 2.05) is 12.2 Å². The monoisotopic (exact) mass is 225 g/mol. The van der Waals surface area contributed by atoms with Crippen molar-refractivity contribution in [3.63, 3.8) is 0 Å². The van der Waals surface area contributed by atoms with E-state index in [0.29, 0.717) is 5.92 Å². The van der Waals surface area contributed by atoms with Crippen molar-refractivity contribution in [3.05, 3.63) is 60.5 Å². The molecule has 1 N–H and O–H groups in total. The van der Waals surface area contributed by atoms with Gasteiger partial charge in [0.1, 0.15) is 0 Å². The van der Waals surface area contributed by atoms with Crippen LogP contribution in [0, 0.1) is 16.7 Å². The van der Waals surface area contributed by atoms with Crippen molar-refractivity contribution < 1.29 is 0 Å². The van der Waals surface area contributed by atoms with E-state index in [4.69, 9.17) is 0 Å². The Kier molecular flexibility index (Phi) is 1.90. The van der Waals surface area contributed by atoms with E-state index in [-0.39, 0.29) is 10.8 Å². The lowest BCUT2D eigenvalue weighted by molar-refractivity contribution is 0.246. The molecule has 3 rings (SSSR count). The van der Waals surface area contributed by atoms with Gasteiger partial charge >= 0.3 is 0 Å². The zero-order valence-electron chi connectivity index (χ0n) is 10.6. The molecule has 1 aliphatic heterocycles. The molecule has 0 aromatic heterocycles. The molecule has 1 heterocycles. The summed E-state index contributed by atoms with van der Waals surface area (Å²) in [6, 6.07) is 0. The van der Waals surface area contributed by atoms with Crippen LogP contribution >= 0.6 is 0 Å². The van der Waals surface area contributed by atoms with E-state index in [1.54, 1.807) is 0 Å². The normalized spacial score (nSPS) is 36.4. The lowest BCUT2D eigenvalue weighted by atomic mass is 9.64. The third-order valence-corrected chi connectivity index (χ3v) is 4.86. The fraction of sp³-hybridized carbons (Fsp3) is 0.375. The van der Waals surface area contributed by atoms with Gasteiger partial charge in [0.25, 0.3) is 0 Å². The van der Waals surface area contributed by atoms with Crippen molar-refractivity contribution in [2.75, 3.05) is 0 Å². The smallest absolute Gasteiger partial charge is 0.0414 e. The Morgan fingerprint density at radius 3 is 2.76 bits per heavy atom. The van der Waals surface area contributed by atoms with Gasteiger partial charge in [0.15, 0.2) is 0 Å². The Morgan fingerprint density at radius 1 is 1.35 bits per heavy atom. The molecule has 0 saturated heterocycles. The third kappa shape index (κ3) is 1.05. The average Bonchev–Trinajstić information content (AvgIpc) is 3.04. The predicted molar refractivity (Wildman–Crippen MR) is 72.1 cm³/mol. The molecule has 0 aromatic carbocycles. The van der Waals surface area contributed by atoms with Gasteiger partial charge in [-0.3, -0.25) is 0 Å². The summed E-state index contributed by atoms with van der Waals surface area (Å²) >= 11 is 0. The van der Waals surface area contributed by atoms with Crippen LogP contribution < -0.4 is 5.32 Å². The molecule has 1 nitrogen and oxygen atoms in total. The van der Waals surface area contributed by atoms with Crippen molar-refractivity contribution in [2.24, 2.45) is 16.7 Å². The minimum atomic E-state index is 0.130. The molecular weight excluding hydrogens is 206 g/mol. The summed E-state index contributed by atoms with van der Waals surface area (Å²) in [6.07, 6.45) is 11.9. The fourth-order valence-electron chi connectivity index (χ4n) is 3.79. The van der Waals surface area contributed by atoms with Crippen molar-refractivity contribution >= 4 is 0 Å². The summed E-state index contributed by atoms with van der Waals surface area (Å²) < 4.78 is 0. The van der Waals surface area contributed by atoms with Crippen LogP contribution in [0.3, 0.4) is 0 Å². The van der Waals surface area contributed by atoms with Crippen molar-refractivity contribution in [1.82, 2.24) is 5.32 Å². The zero-order chi connectivity index (χ0) is 12.3. The minimum absolute atomic E-state index is 0.130. The molecule has 1 fully saturated rings. The number of hydrogen-bond acceptors (Lipinski definition) is 1. The van der Waals surface area contributed by atoms with E-state index in [1.165, 1.54) is 17.7 Å². The summed E-state index contributed by atoms with van der Waals surface area (Å²) in [5.41, 5.74) is 4.17. The van der Waals surface area contributed by atoms with Crippen LogP contribution in [0.25, 0.3) is 0 Å². The first kappa shape index (κ1) is 10.6. The molecule has 88 valence electrons. The number of nitrogens with one attached hydrogen (secondary N) is 1. The Bertz CT molecular complexity index is 502. The maximum absolute atomic E-state index is 3.98. The molecule has 17 heavy (non-hydrogen) atoms. The molecule has 0 radical (unpaired) electrons. The van der Waals surface area contributed by atoms with E-state index < -0.39 is 0 Å². The van der Waals surface area contributed by atoms with E-state index in [2.05, 4.69) is 50.6 Å². The summed E-state index contributed by atoms with van der Waals surface area (Å²) in [4.78, 5) is 0. The highest BCUT2D eigenvalue weighted by Crippen LogP contribution is 2.72. The fourth-order valence-corrected chi connectivity index (χ4v) is 3.79.